The monoisotopic (exact) mass is 1550 g/mol. The maximum absolute atomic E-state index is 12.9. The van der Waals surface area contributed by atoms with E-state index in [1.54, 1.807) is 35.4 Å². The number of nitrogens with one attached hydrogen (secondary N) is 3. The number of amides is 6. The number of aromatic nitrogens is 4. The number of fused-ring (bicyclic) bond motifs is 2. The number of aldehydes is 2. The average molecular weight is 1550 g/mol. The van der Waals surface area contributed by atoms with Gasteiger partial charge in [-0.3, -0.25) is 53.8 Å². The molecule has 31 nitrogen and oxygen atoms in total. The second-order valence-corrected chi connectivity index (χ2v) is 24.1. The van der Waals surface area contributed by atoms with Crippen molar-refractivity contribution in [2.75, 3.05) is 11.1 Å². The van der Waals surface area contributed by atoms with Crippen LogP contribution in [0.1, 0.15) is 133 Å². The van der Waals surface area contributed by atoms with Crippen LogP contribution in [0.2, 0.25) is 0 Å². The van der Waals surface area contributed by atoms with Gasteiger partial charge in [-0.25, -0.2) is 39.3 Å². The molecule has 4 aromatic heterocycles. The van der Waals surface area contributed by atoms with E-state index in [-0.39, 0.29) is 84.2 Å². The van der Waals surface area contributed by atoms with Gasteiger partial charge in [0.25, 0.3) is 11.8 Å². The van der Waals surface area contributed by atoms with E-state index in [1.165, 1.54) is 52.7 Å². The zero-order valence-electron chi connectivity index (χ0n) is 60.8. The molecular weight excluding hydrogens is 1480 g/mol. The van der Waals surface area contributed by atoms with Gasteiger partial charge in [-0.2, -0.15) is 0 Å². The third kappa shape index (κ3) is 25.5. The zero-order chi connectivity index (χ0) is 79.3. The summed E-state index contributed by atoms with van der Waals surface area (Å²) >= 11 is -1.44. The second kappa shape index (κ2) is 43.0. The van der Waals surface area contributed by atoms with Gasteiger partial charge in [0.1, 0.15) is 30.2 Å². The van der Waals surface area contributed by atoms with Crippen LogP contribution in [0.5, 0.6) is 0 Å². The standard InChI is InChI=1S/C24H22N4O4.C13H13N3O3.C11H11NO2.2C11H9NO2.C4H6O4.C2H3BO2.Mn.Na.2O/c1-14-5-7-15(8-6-14)23-26-12-16(32-23)11-25-19-4-2-3-17-18(19)13-28(24(17)31)20-9-10-21(29)27-22(20)30;14-9-3-1-2-7-8(9)6-16(13(7)19)10-4-5-11(17)15-12(10)18;3*1-8-2-4-9(5-3-8)11-12-6-10(7-13)14-11;1-3(5)7-8-4(2)6;1-2(4)5-3;;;;/h2-8,12,20,25H,9-11,13H2,1H3,(H,27,29,30);1-3,10H,4-6,14H2,(H,15,17,18);2-6,13H,7H2,1H3;2*2-7H,1H3;1-2H3;1H3;;;;/q;;;;;;-1;;+1;;. The summed E-state index contributed by atoms with van der Waals surface area (Å²) < 4.78 is 42.0. The summed E-state index contributed by atoms with van der Waals surface area (Å²) in [4.78, 5) is 149. The number of benzene rings is 6. The Bertz CT molecular complexity index is 4800. The third-order valence-corrected chi connectivity index (χ3v) is 15.8. The SMILES string of the molecule is CC(=O)OOC(C)=O.Cc1ccc(-c2ncc(C=O)o2)cc1.Cc1ccc(-c2ncc(C=O)o2)cc1.Cc1ccc(-c2ncc(CNc3cccc4c3CN(C3CCC(=O)NC3=O)C4=O)o2)cc1.Cc1ccc(-c2ncc(CO)o2)cc1.Nc1cccc2c1CN(C1CCC(=O)NC1=O)C2=O.[B-]OC(C)=O.[Na+].[O]=[Mn]=[O]. The van der Waals surface area contributed by atoms with Crippen molar-refractivity contribution in [2.45, 2.75) is 112 Å². The minimum atomic E-state index is -1.44. The molecule has 0 saturated carbocycles. The van der Waals surface area contributed by atoms with Crippen LogP contribution in [0.4, 0.5) is 11.4 Å². The number of nitrogens with two attached hydrogens (primary N) is 1. The molecule has 2 unspecified atom stereocenters. The van der Waals surface area contributed by atoms with Gasteiger partial charge in [0.2, 0.25) is 53.2 Å². The van der Waals surface area contributed by atoms with E-state index in [0.717, 1.165) is 52.9 Å². The predicted octanol–water partition coefficient (Wildman–Crippen LogP) is 6.54. The molecule has 6 amide bonds. The Morgan fingerprint density at radius 3 is 1.23 bits per heavy atom. The molecular formula is C76H73BMnN10NaO21. The Hall–Kier alpha value is -12.1. The van der Waals surface area contributed by atoms with Crippen LogP contribution in [-0.4, -0.2) is 121 Å². The Labute approximate surface area is 658 Å². The van der Waals surface area contributed by atoms with Crippen molar-refractivity contribution >= 4 is 85.3 Å². The van der Waals surface area contributed by atoms with Crippen LogP contribution in [0.25, 0.3) is 45.8 Å². The van der Waals surface area contributed by atoms with E-state index >= 15 is 0 Å². The number of imide groups is 2. The third-order valence-electron chi connectivity index (χ3n) is 15.8. The molecule has 14 rings (SSSR count). The number of nitrogens with zero attached hydrogens (tertiary/aromatic N) is 6. The first-order valence-corrected chi connectivity index (χ1v) is 34.0. The molecule has 0 bridgehead atoms. The molecule has 6 aromatic carbocycles. The van der Waals surface area contributed by atoms with Crippen molar-refractivity contribution in [1.29, 1.82) is 0 Å². The Balaban J connectivity index is 0.000000211. The zero-order valence-corrected chi connectivity index (χ0v) is 64.0. The van der Waals surface area contributed by atoms with Gasteiger partial charge in [-0.15, -0.1) is 0 Å². The quantitative estimate of drug-likeness (QED) is 0.0216. The molecule has 2 fully saturated rings. The first-order chi connectivity index (χ1) is 52.3. The van der Waals surface area contributed by atoms with E-state index in [9.17, 15) is 52.7 Å². The van der Waals surface area contributed by atoms with Gasteiger partial charge < -0.3 is 56.3 Å². The number of hydrogen-bond acceptors (Lipinski definition) is 27. The van der Waals surface area contributed by atoms with Gasteiger partial charge in [0, 0.05) is 103 Å². The molecule has 2 atom stereocenters. The minimum absolute atomic E-state index is 0. The number of aliphatic hydroxyl groups is 1. The van der Waals surface area contributed by atoms with Crippen LogP contribution in [-0.2, 0) is 96.7 Å². The van der Waals surface area contributed by atoms with E-state index in [1.807, 2.05) is 137 Å². The van der Waals surface area contributed by atoms with Gasteiger partial charge in [-0.05, 0) is 113 Å². The normalized spacial score (nSPS) is 14.0. The molecule has 6 N–H and O–H groups in total. The summed E-state index contributed by atoms with van der Waals surface area (Å²) in [5, 5.41) is 16.7. The molecule has 2 saturated heterocycles. The van der Waals surface area contributed by atoms with Crippen LogP contribution >= 0.6 is 0 Å². The first-order valence-electron chi connectivity index (χ1n) is 33.0. The van der Waals surface area contributed by atoms with Crippen molar-refractivity contribution in [3.63, 3.8) is 0 Å². The number of hydrogen-bond donors (Lipinski definition) is 5. The summed E-state index contributed by atoms with van der Waals surface area (Å²) in [6.07, 6.45) is 8.54. The topological polar surface area (TPSA) is 443 Å². The summed E-state index contributed by atoms with van der Waals surface area (Å²) in [6, 6.07) is 40.8. The molecule has 8 heterocycles. The molecule has 110 heavy (non-hydrogen) atoms. The summed E-state index contributed by atoms with van der Waals surface area (Å²) in [5.74, 6) is 0.179. The Morgan fingerprint density at radius 1 is 0.545 bits per heavy atom. The van der Waals surface area contributed by atoms with E-state index in [4.69, 9.17) is 36.2 Å². The molecule has 564 valence electrons. The number of carbonyl (C=O) groups is 11. The van der Waals surface area contributed by atoms with Crippen molar-refractivity contribution in [1.82, 2.24) is 40.4 Å². The molecule has 34 heteroatoms. The molecule has 4 aliphatic heterocycles. The van der Waals surface area contributed by atoms with Crippen LogP contribution in [0.3, 0.4) is 0 Å². The number of nitrogen functional groups attached to an aromatic ring is 1. The van der Waals surface area contributed by atoms with Crippen LogP contribution in [0.15, 0.2) is 176 Å². The van der Waals surface area contributed by atoms with Gasteiger partial charge in [-0.1, -0.05) is 82.9 Å². The summed E-state index contributed by atoms with van der Waals surface area (Å²) in [5.41, 5.74) is 18.2. The fourth-order valence-electron chi connectivity index (χ4n) is 10.4. The number of aliphatic hydroxyl groups excluding tert-OH is 1. The number of rotatable bonds is 12. The predicted molar refractivity (Wildman–Crippen MR) is 383 cm³/mol. The molecule has 10 aromatic rings. The number of oxazole rings is 4. The Kier molecular flexibility index (Phi) is 33.9. The number of carbonyl (C=O) groups excluding carboxylic acids is 11. The number of anilines is 2. The summed E-state index contributed by atoms with van der Waals surface area (Å²) in [7, 11) is 4.32. The fraction of sp³-hybridized carbons (Fsp3) is 0.224. The van der Waals surface area contributed by atoms with E-state index in [2.05, 4.69) is 58.4 Å². The van der Waals surface area contributed by atoms with Gasteiger partial charge >= 0.3 is 64.0 Å². The first kappa shape index (κ1) is 86.8. The van der Waals surface area contributed by atoms with Crippen LogP contribution < -0.4 is 51.2 Å². The second-order valence-electron chi connectivity index (χ2n) is 23.9. The van der Waals surface area contributed by atoms with E-state index < -0.39 is 56.6 Å². The van der Waals surface area contributed by atoms with Crippen molar-refractivity contribution < 1.29 is 142 Å². The van der Waals surface area contributed by atoms with Crippen molar-refractivity contribution in [3.05, 3.63) is 226 Å². The molecule has 0 aliphatic carbocycles. The summed E-state index contributed by atoms with van der Waals surface area (Å²) in [6.45, 7) is 12.5. The fourth-order valence-corrected chi connectivity index (χ4v) is 10.4. The molecule has 0 spiro atoms. The van der Waals surface area contributed by atoms with Crippen molar-refractivity contribution in [3.8, 4) is 45.8 Å². The van der Waals surface area contributed by atoms with Crippen molar-refractivity contribution in [2.24, 2.45) is 0 Å². The Morgan fingerprint density at radius 2 is 0.891 bits per heavy atom. The number of piperidine rings is 2. The van der Waals surface area contributed by atoms with Gasteiger partial charge in [0.15, 0.2) is 24.1 Å². The molecule has 3 radical (unpaired) electrons. The number of aryl methyl sites for hydroxylation is 4. The van der Waals surface area contributed by atoms with Crippen LogP contribution in [0, 0.1) is 27.7 Å². The average Bonchev–Trinajstić information content (AvgIpc) is 1.62. The maximum atomic E-state index is 12.9. The van der Waals surface area contributed by atoms with Gasteiger partial charge in [0.05, 0.1) is 31.3 Å². The van der Waals surface area contributed by atoms with E-state index in [0.29, 0.717) is 96.9 Å². The molecule has 4 aliphatic rings.